The lowest BCUT2D eigenvalue weighted by molar-refractivity contribution is 0.518. The Bertz CT molecular complexity index is 543. The van der Waals surface area contributed by atoms with Crippen molar-refractivity contribution in [3.05, 3.63) is 54.2 Å². The molecule has 0 saturated heterocycles. The van der Waals surface area contributed by atoms with Gasteiger partial charge in [0.1, 0.15) is 0 Å². The molecule has 1 aromatic carbocycles. The molecular weight excluding hydrogens is 222 g/mol. The lowest BCUT2D eigenvalue weighted by Gasteiger charge is -2.17. The Morgan fingerprint density at radius 2 is 2.17 bits per heavy atom. The van der Waals surface area contributed by atoms with Crippen LogP contribution in [0.25, 0.3) is 10.9 Å². The van der Waals surface area contributed by atoms with Gasteiger partial charge in [0.25, 0.3) is 0 Å². The molecule has 0 aliphatic carbocycles. The highest BCUT2D eigenvalue weighted by atomic mass is 15.2. The van der Waals surface area contributed by atoms with Gasteiger partial charge >= 0.3 is 0 Å². The Labute approximate surface area is 108 Å². The third kappa shape index (κ3) is 2.75. The molecule has 0 bridgehead atoms. The molecule has 2 aromatic rings. The van der Waals surface area contributed by atoms with Crippen LogP contribution in [0.4, 0.5) is 0 Å². The van der Waals surface area contributed by atoms with Gasteiger partial charge in [0.2, 0.25) is 0 Å². The van der Waals surface area contributed by atoms with Crippen LogP contribution in [0.3, 0.4) is 0 Å². The van der Waals surface area contributed by atoms with Gasteiger partial charge in [0, 0.05) is 17.6 Å². The van der Waals surface area contributed by atoms with Crippen molar-refractivity contribution in [1.82, 2.24) is 10.4 Å². The van der Waals surface area contributed by atoms with Crippen LogP contribution >= 0.6 is 0 Å². The van der Waals surface area contributed by atoms with Gasteiger partial charge in [0.05, 0.1) is 5.52 Å². The summed E-state index contributed by atoms with van der Waals surface area (Å²) < 4.78 is 0. The molecule has 3 heteroatoms. The smallest absolute Gasteiger partial charge is 0.0750 e. The van der Waals surface area contributed by atoms with Crippen molar-refractivity contribution in [2.75, 3.05) is 0 Å². The maximum atomic E-state index is 5.67. The second kappa shape index (κ2) is 5.76. The van der Waals surface area contributed by atoms with Crippen LogP contribution in [0.5, 0.6) is 0 Å². The van der Waals surface area contributed by atoms with Gasteiger partial charge in [0.15, 0.2) is 0 Å². The van der Waals surface area contributed by atoms with Gasteiger partial charge in [-0.3, -0.25) is 16.3 Å². The highest BCUT2D eigenvalue weighted by Gasteiger charge is 2.13. The minimum Gasteiger partial charge on any atom is -0.271 e. The standard InChI is InChI=1S/C15H19N3/c1-11(2)8-9-14(18-16)13-7-3-5-12-6-4-10-17-15(12)13/h3-7,10,14,18H,1,8-9,16H2,2H3. The van der Waals surface area contributed by atoms with Gasteiger partial charge in [-0.25, -0.2) is 0 Å². The normalized spacial score (nSPS) is 12.6. The van der Waals surface area contributed by atoms with E-state index in [2.05, 4.69) is 35.2 Å². The number of nitrogens with two attached hydrogens (primary N) is 1. The summed E-state index contributed by atoms with van der Waals surface area (Å²) in [5.74, 6) is 5.67. The van der Waals surface area contributed by atoms with Crippen molar-refractivity contribution >= 4 is 10.9 Å². The van der Waals surface area contributed by atoms with Gasteiger partial charge in [-0.2, -0.15) is 0 Å². The zero-order valence-corrected chi connectivity index (χ0v) is 10.7. The molecule has 0 fully saturated rings. The molecule has 2 rings (SSSR count). The van der Waals surface area contributed by atoms with E-state index in [0.717, 1.165) is 29.3 Å². The zero-order valence-electron chi connectivity index (χ0n) is 10.7. The molecule has 1 heterocycles. The maximum absolute atomic E-state index is 5.67. The average molecular weight is 241 g/mol. The Hall–Kier alpha value is -1.71. The third-order valence-corrected chi connectivity index (χ3v) is 3.10. The Kier molecular flexibility index (Phi) is 4.07. The number of aromatic nitrogens is 1. The van der Waals surface area contributed by atoms with Crippen molar-refractivity contribution in [2.24, 2.45) is 5.84 Å². The van der Waals surface area contributed by atoms with Crippen molar-refractivity contribution in [1.29, 1.82) is 0 Å². The molecule has 0 aliphatic rings. The second-order valence-corrected chi connectivity index (χ2v) is 4.64. The van der Waals surface area contributed by atoms with E-state index in [9.17, 15) is 0 Å². The maximum Gasteiger partial charge on any atom is 0.0750 e. The molecule has 18 heavy (non-hydrogen) atoms. The van der Waals surface area contributed by atoms with Crippen LogP contribution < -0.4 is 11.3 Å². The Morgan fingerprint density at radius 1 is 1.39 bits per heavy atom. The first kappa shape index (κ1) is 12.7. The molecule has 3 nitrogen and oxygen atoms in total. The molecule has 1 aromatic heterocycles. The first-order chi connectivity index (χ1) is 8.72. The number of nitrogens with one attached hydrogen (secondary N) is 1. The molecule has 1 atom stereocenters. The molecule has 0 radical (unpaired) electrons. The number of hydrogen-bond donors (Lipinski definition) is 2. The third-order valence-electron chi connectivity index (χ3n) is 3.10. The first-order valence-corrected chi connectivity index (χ1v) is 6.16. The van der Waals surface area contributed by atoms with E-state index in [-0.39, 0.29) is 6.04 Å². The van der Waals surface area contributed by atoms with Crippen LogP contribution in [-0.2, 0) is 0 Å². The number of allylic oxidation sites excluding steroid dienone is 1. The van der Waals surface area contributed by atoms with Crippen molar-refractivity contribution in [3.8, 4) is 0 Å². The van der Waals surface area contributed by atoms with Crippen LogP contribution in [0, 0.1) is 0 Å². The summed E-state index contributed by atoms with van der Waals surface area (Å²) in [5.41, 5.74) is 6.22. The highest BCUT2D eigenvalue weighted by molar-refractivity contribution is 5.81. The van der Waals surface area contributed by atoms with Gasteiger partial charge in [-0.05, 0) is 31.4 Å². The predicted octanol–water partition coefficient (Wildman–Crippen LogP) is 3.10. The monoisotopic (exact) mass is 241 g/mol. The van der Waals surface area contributed by atoms with E-state index in [4.69, 9.17) is 5.84 Å². The molecule has 0 saturated carbocycles. The minimum atomic E-state index is 0.111. The largest absolute Gasteiger partial charge is 0.271 e. The first-order valence-electron chi connectivity index (χ1n) is 6.16. The molecular formula is C15H19N3. The Morgan fingerprint density at radius 3 is 2.89 bits per heavy atom. The number of fused-ring (bicyclic) bond motifs is 1. The van der Waals surface area contributed by atoms with Gasteiger partial charge in [-0.1, -0.05) is 29.8 Å². The van der Waals surface area contributed by atoms with Crippen LogP contribution in [-0.4, -0.2) is 4.98 Å². The summed E-state index contributed by atoms with van der Waals surface area (Å²) in [7, 11) is 0. The number of benzene rings is 1. The van der Waals surface area contributed by atoms with Crippen LogP contribution in [0.1, 0.15) is 31.4 Å². The molecule has 0 amide bonds. The lowest BCUT2D eigenvalue weighted by Crippen LogP contribution is -2.28. The summed E-state index contributed by atoms with van der Waals surface area (Å²) in [4.78, 5) is 4.46. The molecule has 3 N–H and O–H groups in total. The Balaban J connectivity index is 2.35. The number of pyridine rings is 1. The topological polar surface area (TPSA) is 50.9 Å². The number of para-hydroxylation sites is 1. The van der Waals surface area contributed by atoms with E-state index in [1.807, 2.05) is 25.3 Å². The zero-order chi connectivity index (χ0) is 13.0. The SMILES string of the molecule is C=C(C)CCC(NN)c1cccc2cccnc12. The average Bonchev–Trinajstić information content (AvgIpc) is 2.39. The fraction of sp³-hybridized carbons (Fsp3) is 0.267. The van der Waals surface area contributed by atoms with Crippen LogP contribution in [0.2, 0.25) is 0 Å². The van der Waals surface area contributed by atoms with Gasteiger partial charge in [-0.15, -0.1) is 6.58 Å². The summed E-state index contributed by atoms with van der Waals surface area (Å²) in [5, 5.41) is 1.14. The van der Waals surface area contributed by atoms with E-state index in [1.54, 1.807) is 0 Å². The second-order valence-electron chi connectivity index (χ2n) is 4.64. The van der Waals surface area contributed by atoms with Gasteiger partial charge < -0.3 is 0 Å². The molecule has 0 spiro atoms. The fourth-order valence-electron chi connectivity index (χ4n) is 2.13. The van der Waals surface area contributed by atoms with Crippen molar-refractivity contribution < 1.29 is 0 Å². The van der Waals surface area contributed by atoms with Crippen molar-refractivity contribution in [2.45, 2.75) is 25.8 Å². The number of nitrogens with zero attached hydrogens (tertiary/aromatic N) is 1. The minimum absolute atomic E-state index is 0.111. The van der Waals surface area contributed by atoms with Crippen LogP contribution in [0.15, 0.2) is 48.7 Å². The van der Waals surface area contributed by atoms with E-state index < -0.39 is 0 Å². The number of hydrazine groups is 1. The fourth-order valence-corrected chi connectivity index (χ4v) is 2.13. The van der Waals surface area contributed by atoms with Crippen molar-refractivity contribution in [3.63, 3.8) is 0 Å². The summed E-state index contributed by atoms with van der Waals surface area (Å²) >= 11 is 0. The highest BCUT2D eigenvalue weighted by Crippen LogP contribution is 2.25. The summed E-state index contributed by atoms with van der Waals surface area (Å²) in [6.07, 6.45) is 3.71. The molecule has 1 unspecified atom stereocenters. The molecule has 94 valence electrons. The number of hydrogen-bond acceptors (Lipinski definition) is 3. The van der Waals surface area contributed by atoms with E-state index >= 15 is 0 Å². The van der Waals surface area contributed by atoms with E-state index in [0.29, 0.717) is 0 Å². The quantitative estimate of drug-likeness (QED) is 0.480. The summed E-state index contributed by atoms with van der Waals surface area (Å²) in [6.45, 7) is 5.97. The summed E-state index contributed by atoms with van der Waals surface area (Å²) in [6, 6.07) is 10.3. The molecule has 0 aliphatic heterocycles. The number of rotatable bonds is 5. The lowest BCUT2D eigenvalue weighted by atomic mass is 9.98. The van der Waals surface area contributed by atoms with E-state index in [1.165, 1.54) is 5.57 Å². The predicted molar refractivity (Wildman–Crippen MR) is 75.9 cm³/mol.